The molecule has 7 heteroatoms. The summed E-state index contributed by atoms with van der Waals surface area (Å²) < 4.78 is 59.6. The zero-order valence-electron chi connectivity index (χ0n) is 14.4. The van der Waals surface area contributed by atoms with Crippen molar-refractivity contribution in [1.82, 2.24) is 0 Å². The van der Waals surface area contributed by atoms with Crippen LogP contribution in [0.4, 0.5) is 17.6 Å². The minimum Gasteiger partial charge on any atom is -0.460 e. The number of ether oxygens (including phenoxy) is 1. The van der Waals surface area contributed by atoms with Crippen LogP contribution in [0.1, 0.15) is 31.9 Å². The first-order valence-corrected chi connectivity index (χ1v) is 7.80. The molecule has 1 aromatic rings. The summed E-state index contributed by atoms with van der Waals surface area (Å²) >= 11 is 0. The van der Waals surface area contributed by atoms with E-state index in [4.69, 9.17) is 9.84 Å². The van der Waals surface area contributed by atoms with E-state index in [-0.39, 0.29) is 12.5 Å². The second-order valence-corrected chi connectivity index (χ2v) is 6.96. The molecule has 2 unspecified atom stereocenters. The van der Waals surface area contributed by atoms with Gasteiger partial charge in [0, 0.05) is 5.56 Å². The van der Waals surface area contributed by atoms with Crippen LogP contribution in [0, 0.1) is 47.4 Å². The normalized spacial score (nSPS) is 22.0. The molecule has 138 valence electrons. The summed E-state index contributed by atoms with van der Waals surface area (Å²) in [6, 6.07) is 0. The first-order valence-electron chi connectivity index (χ1n) is 7.80. The number of hydrogen-bond acceptors (Lipinski definition) is 3. The van der Waals surface area contributed by atoms with Gasteiger partial charge in [-0.15, -0.1) is 0 Å². The lowest BCUT2D eigenvalue weighted by Gasteiger charge is -2.10. The number of allylic oxidation sites excluding steroid dienone is 1. The molecule has 0 aliphatic heterocycles. The Kier molecular flexibility index (Phi) is 5.27. The minimum atomic E-state index is -1.56. The van der Waals surface area contributed by atoms with E-state index in [1.54, 1.807) is 13.0 Å². The Bertz CT molecular complexity index is 711. The number of benzene rings is 1. The van der Waals surface area contributed by atoms with Crippen LogP contribution in [0.25, 0.3) is 0 Å². The highest BCUT2D eigenvalue weighted by atomic mass is 19.2. The van der Waals surface area contributed by atoms with Gasteiger partial charge in [0.2, 0.25) is 0 Å². The zero-order valence-corrected chi connectivity index (χ0v) is 14.4. The van der Waals surface area contributed by atoms with Crippen LogP contribution in [-0.2, 0) is 16.1 Å². The molecule has 1 aliphatic rings. The van der Waals surface area contributed by atoms with Crippen molar-refractivity contribution >= 4 is 5.97 Å². The zero-order chi connectivity index (χ0) is 19.1. The Balaban J connectivity index is 2.14. The van der Waals surface area contributed by atoms with Gasteiger partial charge in [-0.3, -0.25) is 4.79 Å². The summed E-state index contributed by atoms with van der Waals surface area (Å²) in [5.74, 6) is -7.59. The molecule has 0 spiro atoms. The van der Waals surface area contributed by atoms with E-state index in [0.29, 0.717) is 5.57 Å². The van der Waals surface area contributed by atoms with E-state index in [9.17, 15) is 22.4 Å². The highest BCUT2D eigenvalue weighted by Crippen LogP contribution is 2.59. The van der Waals surface area contributed by atoms with E-state index < -0.39 is 58.3 Å². The lowest BCUT2D eigenvalue weighted by atomic mass is 10.1. The second kappa shape index (κ2) is 6.78. The van der Waals surface area contributed by atoms with Gasteiger partial charge < -0.3 is 9.84 Å². The molecule has 0 heterocycles. The largest absolute Gasteiger partial charge is 0.460 e. The molecule has 25 heavy (non-hydrogen) atoms. The maximum absolute atomic E-state index is 13.8. The molecule has 0 amide bonds. The molecule has 1 N–H and O–H groups in total. The fourth-order valence-electron chi connectivity index (χ4n) is 2.94. The summed E-state index contributed by atoms with van der Waals surface area (Å²) in [4.78, 5) is 12.2. The molecule has 2 atom stereocenters. The van der Waals surface area contributed by atoms with E-state index in [2.05, 4.69) is 0 Å². The van der Waals surface area contributed by atoms with Crippen molar-refractivity contribution in [3.8, 4) is 0 Å². The molecule has 0 aromatic heterocycles. The molecule has 0 bridgehead atoms. The Hall–Kier alpha value is -1.89. The maximum Gasteiger partial charge on any atom is 0.310 e. The number of aliphatic hydroxyl groups is 1. The van der Waals surface area contributed by atoms with Crippen molar-refractivity contribution in [2.24, 2.45) is 17.3 Å². The number of halogens is 4. The number of carbonyl (C=O) groups excluding carboxylic acids is 1. The molecular weight excluding hydrogens is 340 g/mol. The van der Waals surface area contributed by atoms with Gasteiger partial charge in [0.1, 0.15) is 6.61 Å². The Labute approximate surface area is 143 Å². The van der Waals surface area contributed by atoms with E-state index in [0.717, 1.165) is 6.92 Å². The minimum absolute atomic E-state index is 0.146. The number of rotatable bonds is 5. The second-order valence-electron chi connectivity index (χ2n) is 6.96. The Morgan fingerprint density at radius 1 is 1.16 bits per heavy atom. The third-order valence-electron chi connectivity index (χ3n) is 4.81. The molecule has 2 rings (SSSR count). The van der Waals surface area contributed by atoms with Crippen molar-refractivity contribution in [3.63, 3.8) is 0 Å². The van der Waals surface area contributed by atoms with Gasteiger partial charge in [0.05, 0.1) is 18.1 Å². The third kappa shape index (κ3) is 3.42. The van der Waals surface area contributed by atoms with Gasteiger partial charge in [-0.1, -0.05) is 25.5 Å². The first kappa shape index (κ1) is 19.4. The van der Waals surface area contributed by atoms with Crippen LogP contribution >= 0.6 is 0 Å². The van der Waals surface area contributed by atoms with Crippen molar-refractivity contribution in [3.05, 3.63) is 46.0 Å². The Morgan fingerprint density at radius 2 is 1.68 bits per heavy atom. The molecule has 1 aliphatic carbocycles. The lowest BCUT2D eigenvalue weighted by molar-refractivity contribution is -0.147. The Morgan fingerprint density at radius 3 is 2.16 bits per heavy atom. The van der Waals surface area contributed by atoms with Crippen LogP contribution in [-0.4, -0.2) is 17.7 Å². The molecule has 1 saturated carbocycles. The smallest absolute Gasteiger partial charge is 0.310 e. The first-order chi connectivity index (χ1) is 11.5. The predicted octanol–water partition coefficient (Wildman–Crippen LogP) is 3.81. The van der Waals surface area contributed by atoms with Gasteiger partial charge in [-0.2, -0.15) is 0 Å². The SMILES string of the molecule is CC(=CC1C(C(=O)OCc2c(F)c(F)c(C)c(F)c2F)C1(C)C)CO. The van der Waals surface area contributed by atoms with Crippen LogP contribution in [0.3, 0.4) is 0 Å². The topological polar surface area (TPSA) is 46.5 Å². The molecular formula is C18H20F4O3. The van der Waals surface area contributed by atoms with Crippen molar-refractivity contribution in [1.29, 1.82) is 0 Å². The maximum atomic E-state index is 13.8. The van der Waals surface area contributed by atoms with Crippen molar-refractivity contribution in [2.75, 3.05) is 6.61 Å². The number of aliphatic hydroxyl groups excluding tert-OH is 1. The average Bonchev–Trinajstić information content (AvgIpc) is 3.10. The molecule has 0 radical (unpaired) electrons. The van der Waals surface area contributed by atoms with E-state index in [1.165, 1.54) is 0 Å². The fourth-order valence-corrected chi connectivity index (χ4v) is 2.94. The predicted molar refractivity (Wildman–Crippen MR) is 82.4 cm³/mol. The number of carbonyl (C=O) groups is 1. The monoisotopic (exact) mass is 360 g/mol. The summed E-state index contributed by atoms with van der Waals surface area (Å²) in [5.41, 5.74) is -1.47. The van der Waals surface area contributed by atoms with Crippen LogP contribution in [0.5, 0.6) is 0 Å². The molecule has 3 nitrogen and oxygen atoms in total. The third-order valence-corrected chi connectivity index (χ3v) is 4.81. The standard InChI is InChI=1S/C18H20F4O3/c1-8(6-23)5-11-12(18(11,3)4)17(24)25-7-10-15(21)13(19)9(2)14(20)16(10)22/h5,11-12,23H,6-7H2,1-4H3. The highest BCUT2D eigenvalue weighted by Gasteiger charge is 2.61. The van der Waals surface area contributed by atoms with Gasteiger partial charge in [0.15, 0.2) is 23.3 Å². The summed E-state index contributed by atoms with van der Waals surface area (Å²) in [7, 11) is 0. The average molecular weight is 360 g/mol. The summed E-state index contributed by atoms with van der Waals surface area (Å²) in [6.45, 7) is 5.22. The molecule has 1 fully saturated rings. The molecule has 0 saturated heterocycles. The highest BCUT2D eigenvalue weighted by molar-refractivity contribution is 5.78. The summed E-state index contributed by atoms with van der Waals surface area (Å²) in [6.07, 6.45) is 1.75. The van der Waals surface area contributed by atoms with E-state index in [1.807, 2.05) is 13.8 Å². The van der Waals surface area contributed by atoms with Gasteiger partial charge in [0.25, 0.3) is 0 Å². The van der Waals surface area contributed by atoms with Crippen LogP contribution in [0.15, 0.2) is 11.6 Å². The quantitative estimate of drug-likeness (QED) is 0.376. The van der Waals surface area contributed by atoms with Crippen molar-refractivity contribution in [2.45, 2.75) is 34.3 Å². The number of hydrogen-bond donors (Lipinski definition) is 1. The van der Waals surface area contributed by atoms with Crippen LogP contribution < -0.4 is 0 Å². The fraction of sp³-hybridized carbons (Fsp3) is 0.500. The molecule has 1 aromatic carbocycles. The van der Waals surface area contributed by atoms with Crippen LogP contribution in [0.2, 0.25) is 0 Å². The van der Waals surface area contributed by atoms with E-state index >= 15 is 0 Å². The van der Waals surface area contributed by atoms with Gasteiger partial charge in [-0.05, 0) is 25.2 Å². The van der Waals surface area contributed by atoms with Gasteiger partial charge >= 0.3 is 5.97 Å². The van der Waals surface area contributed by atoms with Crippen molar-refractivity contribution < 1.29 is 32.2 Å². The number of esters is 1. The lowest BCUT2D eigenvalue weighted by Crippen LogP contribution is -2.14. The van der Waals surface area contributed by atoms with Gasteiger partial charge in [-0.25, -0.2) is 17.6 Å². The summed E-state index contributed by atoms with van der Waals surface area (Å²) in [5, 5.41) is 9.06.